The summed E-state index contributed by atoms with van der Waals surface area (Å²) in [6.07, 6.45) is 4.63. The third kappa shape index (κ3) is 5.84. The van der Waals surface area contributed by atoms with Gasteiger partial charge in [-0.25, -0.2) is 0 Å². The lowest BCUT2D eigenvalue weighted by atomic mass is 9.75. The van der Waals surface area contributed by atoms with Gasteiger partial charge in [-0.3, -0.25) is 9.59 Å². The minimum absolute atomic E-state index is 0.000634. The summed E-state index contributed by atoms with van der Waals surface area (Å²) in [7, 11) is 0. The van der Waals surface area contributed by atoms with Crippen molar-refractivity contribution in [1.29, 1.82) is 0 Å². The van der Waals surface area contributed by atoms with E-state index >= 15 is 0 Å². The van der Waals surface area contributed by atoms with Gasteiger partial charge in [0, 0.05) is 32.0 Å². The molecule has 1 aliphatic rings. The molecule has 144 valence electrons. The zero-order chi connectivity index (χ0) is 19.0. The highest BCUT2D eigenvalue weighted by molar-refractivity contribution is 5.84. The molecule has 1 aromatic carbocycles. The number of hydrogen-bond donors (Lipinski definition) is 2. The van der Waals surface area contributed by atoms with Gasteiger partial charge in [-0.2, -0.15) is 0 Å². The van der Waals surface area contributed by atoms with Crippen LogP contribution in [0, 0.1) is 5.41 Å². The van der Waals surface area contributed by atoms with Crippen molar-refractivity contribution in [3.8, 4) is 0 Å². The zero-order valence-corrected chi connectivity index (χ0v) is 16.0. The highest BCUT2D eigenvalue weighted by atomic mass is 16.3. The van der Waals surface area contributed by atoms with Gasteiger partial charge in [0.25, 0.3) is 0 Å². The number of likely N-dealkylation sites (tertiary alicyclic amines) is 1. The Morgan fingerprint density at radius 3 is 2.58 bits per heavy atom. The molecule has 0 bridgehead atoms. The van der Waals surface area contributed by atoms with Crippen LogP contribution in [0.2, 0.25) is 0 Å². The molecule has 0 aliphatic carbocycles. The molecule has 2 rings (SSSR count). The van der Waals surface area contributed by atoms with Crippen LogP contribution in [0.15, 0.2) is 30.3 Å². The summed E-state index contributed by atoms with van der Waals surface area (Å²) in [5, 5.41) is 12.8. The molecular formula is C21H32N2O3. The van der Waals surface area contributed by atoms with Crippen LogP contribution in [0.4, 0.5) is 0 Å². The lowest BCUT2D eigenvalue weighted by Gasteiger charge is -2.33. The van der Waals surface area contributed by atoms with Crippen LogP contribution in [0.1, 0.15) is 57.4 Å². The highest BCUT2D eigenvalue weighted by Gasteiger charge is 2.30. The fourth-order valence-electron chi connectivity index (χ4n) is 3.47. The Kier molecular flexibility index (Phi) is 7.64. The molecule has 5 nitrogen and oxygen atoms in total. The molecule has 5 heteroatoms. The second-order valence-electron chi connectivity index (χ2n) is 7.89. The maximum Gasteiger partial charge on any atom is 0.239 e. The Morgan fingerprint density at radius 2 is 1.88 bits per heavy atom. The molecule has 0 unspecified atom stereocenters. The van der Waals surface area contributed by atoms with Gasteiger partial charge in [-0.1, -0.05) is 57.0 Å². The van der Waals surface area contributed by atoms with E-state index in [4.69, 9.17) is 0 Å². The van der Waals surface area contributed by atoms with Crippen LogP contribution >= 0.6 is 0 Å². The first-order valence-electron chi connectivity index (χ1n) is 9.64. The van der Waals surface area contributed by atoms with Crippen molar-refractivity contribution in [1.82, 2.24) is 10.2 Å². The van der Waals surface area contributed by atoms with Gasteiger partial charge in [0.15, 0.2) is 0 Å². The van der Waals surface area contributed by atoms with Gasteiger partial charge in [0.2, 0.25) is 11.8 Å². The summed E-state index contributed by atoms with van der Waals surface area (Å²) in [5.74, 6) is -0.0515. The van der Waals surface area contributed by atoms with E-state index in [1.165, 1.54) is 0 Å². The summed E-state index contributed by atoms with van der Waals surface area (Å²) in [6.45, 7) is 5.26. The van der Waals surface area contributed by atoms with E-state index in [0.29, 0.717) is 19.5 Å². The van der Waals surface area contributed by atoms with Crippen molar-refractivity contribution in [2.75, 3.05) is 26.2 Å². The minimum atomic E-state index is -0.356. The maximum atomic E-state index is 12.4. The second-order valence-corrected chi connectivity index (χ2v) is 7.89. The van der Waals surface area contributed by atoms with Gasteiger partial charge in [0.05, 0.1) is 6.54 Å². The van der Waals surface area contributed by atoms with Gasteiger partial charge in [0.1, 0.15) is 0 Å². The molecule has 1 saturated heterocycles. The predicted octanol–water partition coefficient (Wildman–Crippen LogP) is 2.70. The third-order valence-electron chi connectivity index (χ3n) is 5.31. The lowest BCUT2D eigenvalue weighted by molar-refractivity contribution is -0.136. The van der Waals surface area contributed by atoms with Crippen molar-refractivity contribution in [3.63, 3.8) is 0 Å². The van der Waals surface area contributed by atoms with Gasteiger partial charge >= 0.3 is 0 Å². The molecule has 26 heavy (non-hydrogen) atoms. The minimum Gasteiger partial charge on any atom is -0.396 e. The van der Waals surface area contributed by atoms with Gasteiger partial charge in [-0.05, 0) is 23.8 Å². The maximum absolute atomic E-state index is 12.4. The predicted molar refractivity (Wildman–Crippen MR) is 103 cm³/mol. The van der Waals surface area contributed by atoms with E-state index < -0.39 is 0 Å². The number of hydrogen-bond acceptors (Lipinski definition) is 3. The Balaban J connectivity index is 1.97. The molecular weight excluding hydrogens is 328 g/mol. The number of nitrogens with zero attached hydrogens (tertiary/aromatic N) is 1. The van der Waals surface area contributed by atoms with Crippen molar-refractivity contribution in [3.05, 3.63) is 35.9 Å². The van der Waals surface area contributed by atoms with Crippen LogP contribution in [0.5, 0.6) is 0 Å². The Bertz CT molecular complexity index is 586. The lowest BCUT2D eigenvalue weighted by Crippen LogP contribution is -2.44. The van der Waals surface area contributed by atoms with E-state index in [1.54, 1.807) is 4.90 Å². The molecule has 1 aliphatic heterocycles. The monoisotopic (exact) mass is 360 g/mol. The number of carbonyl (C=O) groups excluding carboxylic acids is 2. The molecule has 2 N–H and O–H groups in total. The SMILES string of the molecule is CC(C)(CO)[C@H](CNC(=O)CN1CCCCCCC1=O)c1ccccc1. The number of carbonyl (C=O) groups is 2. The molecule has 1 heterocycles. The number of amides is 2. The fraction of sp³-hybridized carbons (Fsp3) is 0.619. The Hall–Kier alpha value is -1.88. The summed E-state index contributed by atoms with van der Waals surface area (Å²) in [5.41, 5.74) is 0.736. The van der Waals surface area contributed by atoms with Crippen molar-refractivity contribution in [2.24, 2.45) is 5.41 Å². The van der Waals surface area contributed by atoms with E-state index in [1.807, 2.05) is 44.2 Å². The fourth-order valence-corrected chi connectivity index (χ4v) is 3.47. The van der Waals surface area contributed by atoms with Crippen molar-refractivity contribution in [2.45, 2.75) is 51.9 Å². The Labute approximate surface area is 156 Å². The number of aliphatic hydroxyl groups is 1. The van der Waals surface area contributed by atoms with E-state index in [2.05, 4.69) is 5.32 Å². The summed E-state index contributed by atoms with van der Waals surface area (Å²) in [4.78, 5) is 26.3. The normalized spacial score (nSPS) is 17.3. The standard InChI is InChI=1S/C21H32N2O3/c1-21(2,16-24)18(17-10-6-5-7-11-17)14-22-19(25)15-23-13-9-4-3-8-12-20(23)26/h5-7,10-11,18,24H,3-4,8-9,12-16H2,1-2H3,(H,22,25)/t18-/m1/s1. The average molecular weight is 360 g/mol. The molecule has 2 amide bonds. The topological polar surface area (TPSA) is 69.6 Å². The molecule has 0 radical (unpaired) electrons. The quantitative estimate of drug-likeness (QED) is 0.785. The Morgan fingerprint density at radius 1 is 1.19 bits per heavy atom. The highest BCUT2D eigenvalue weighted by Crippen LogP contribution is 2.34. The molecule has 0 saturated carbocycles. The smallest absolute Gasteiger partial charge is 0.239 e. The largest absolute Gasteiger partial charge is 0.396 e. The number of rotatable bonds is 7. The summed E-state index contributed by atoms with van der Waals surface area (Å²) in [6, 6.07) is 9.94. The first kappa shape index (κ1) is 20.4. The third-order valence-corrected chi connectivity index (χ3v) is 5.31. The van der Waals surface area contributed by atoms with Crippen LogP contribution in [0.3, 0.4) is 0 Å². The first-order valence-corrected chi connectivity index (χ1v) is 9.64. The first-order chi connectivity index (χ1) is 12.4. The number of aliphatic hydroxyl groups excluding tert-OH is 1. The van der Waals surface area contributed by atoms with Crippen LogP contribution in [-0.4, -0.2) is 48.1 Å². The van der Waals surface area contributed by atoms with Gasteiger partial charge in [-0.15, -0.1) is 0 Å². The zero-order valence-electron chi connectivity index (χ0n) is 16.0. The van der Waals surface area contributed by atoms with E-state index in [9.17, 15) is 14.7 Å². The number of benzene rings is 1. The molecule has 1 aromatic rings. The van der Waals surface area contributed by atoms with Crippen molar-refractivity contribution < 1.29 is 14.7 Å². The van der Waals surface area contributed by atoms with Crippen LogP contribution in [0.25, 0.3) is 0 Å². The van der Waals surface area contributed by atoms with Gasteiger partial charge < -0.3 is 15.3 Å². The van der Waals surface area contributed by atoms with Crippen LogP contribution < -0.4 is 5.32 Å². The summed E-state index contributed by atoms with van der Waals surface area (Å²) < 4.78 is 0. The molecule has 1 atom stereocenters. The van der Waals surface area contributed by atoms with Crippen LogP contribution in [-0.2, 0) is 9.59 Å². The summed E-state index contributed by atoms with van der Waals surface area (Å²) >= 11 is 0. The van der Waals surface area contributed by atoms with E-state index in [-0.39, 0.29) is 36.3 Å². The molecule has 0 aromatic heterocycles. The molecule has 0 spiro atoms. The average Bonchev–Trinajstić information content (AvgIpc) is 2.62. The number of nitrogens with one attached hydrogen (secondary N) is 1. The van der Waals surface area contributed by atoms with E-state index in [0.717, 1.165) is 31.2 Å². The molecule has 1 fully saturated rings. The van der Waals surface area contributed by atoms with Crippen molar-refractivity contribution >= 4 is 11.8 Å². The second kappa shape index (κ2) is 9.72.